The van der Waals surface area contributed by atoms with Crippen molar-refractivity contribution >= 4 is 5.91 Å². The number of nitrogens with one attached hydrogen (secondary N) is 1. The molecule has 2 fully saturated rings. The Bertz CT molecular complexity index is 729. The first kappa shape index (κ1) is 23.8. The molecule has 0 spiro atoms. The van der Waals surface area contributed by atoms with Gasteiger partial charge in [-0.3, -0.25) is 4.79 Å². The van der Waals surface area contributed by atoms with Crippen LogP contribution in [0.25, 0.3) is 0 Å². The zero-order valence-electron chi connectivity index (χ0n) is 17.4. The Morgan fingerprint density at radius 3 is 2.42 bits per heavy atom. The van der Waals surface area contributed by atoms with E-state index in [2.05, 4.69) is 15.0 Å². The van der Waals surface area contributed by atoms with Crippen molar-refractivity contribution in [2.75, 3.05) is 26.2 Å². The van der Waals surface area contributed by atoms with Crippen LogP contribution in [0.5, 0.6) is 5.75 Å². The van der Waals surface area contributed by atoms with Gasteiger partial charge in [-0.1, -0.05) is 0 Å². The predicted octanol–water partition coefficient (Wildman–Crippen LogP) is 5.08. The van der Waals surface area contributed by atoms with Crippen molar-refractivity contribution in [1.29, 1.82) is 0 Å². The number of hydrogen-bond acceptors (Lipinski definition) is 3. The number of likely N-dealkylation sites (tertiary alicyclic amines) is 1. The van der Waals surface area contributed by atoms with Gasteiger partial charge >= 0.3 is 6.61 Å². The Morgan fingerprint density at radius 2 is 1.77 bits per heavy atom. The molecule has 2 aliphatic rings. The molecular weight excluding hydrogens is 419 g/mol. The number of alkyl halides is 4. The maximum Gasteiger partial charge on any atom is 0.387 e. The smallest absolute Gasteiger partial charge is 0.387 e. The third-order valence-electron chi connectivity index (χ3n) is 6.31. The minimum absolute atomic E-state index is 0.000504. The Labute approximate surface area is 179 Å². The number of carbonyl (C=O) groups is 1. The number of amides is 1. The van der Waals surface area contributed by atoms with E-state index in [4.69, 9.17) is 0 Å². The molecule has 31 heavy (non-hydrogen) atoms. The quantitative estimate of drug-likeness (QED) is 0.564. The van der Waals surface area contributed by atoms with Crippen molar-refractivity contribution < 1.29 is 31.5 Å². The molecule has 0 bridgehead atoms. The van der Waals surface area contributed by atoms with Gasteiger partial charge < -0.3 is 15.0 Å². The maximum atomic E-state index is 13.6. The lowest BCUT2D eigenvalue weighted by Crippen LogP contribution is -2.39. The average molecular weight is 448 g/mol. The highest BCUT2D eigenvalue weighted by molar-refractivity contribution is 5.94. The monoisotopic (exact) mass is 448 g/mol. The molecule has 0 aromatic heterocycles. The molecule has 4 nitrogen and oxygen atoms in total. The second kappa shape index (κ2) is 10.6. The molecule has 1 aromatic rings. The summed E-state index contributed by atoms with van der Waals surface area (Å²) in [6.45, 7) is 0.00476. The van der Waals surface area contributed by atoms with Crippen LogP contribution in [-0.2, 0) is 0 Å². The number of carbonyl (C=O) groups excluding carboxylic acids is 1. The first-order valence-corrected chi connectivity index (χ1v) is 10.8. The molecular formula is C22H29F5N2O2. The van der Waals surface area contributed by atoms with Crippen molar-refractivity contribution in [3.63, 3.8) is 0 Å². The molecule has 174 valence electrons. The lowest BCUT2D eigenvalue weighted by molar-refractivity contribution is -0.0501. The van der Waals surface area contributed by atoms with Crippen LogP contribution in [-0.4, -0.2) is 49.5 Å². The molecule has 9 heteroatoms. The van der Waals surface area contributed by atoms with E-state index in [0.29, 0.717) is 25.3 Å². The van der Waals surface area contributed by atoms with Crippen LogP contribution >= 0.6 is 0 Å². The fourth-order valence-corrected chi connectivity index (χ4v) is 4.37. The van der Waals surface area contributed by atoms with Crippen LogP contribution in [0, 0.1) is 17.7 Å². The largest absolute Gasteiger partial charge is 0.435 e. The van der Waals surface area contributed by atoms with Crippen molar-refractivity contribution in [2.45, 2.75) is 57.5 Å². The topological polar surface area (TPSA) is 41.6 Å². The molecule has 1 amide bonds. The summed E-state index contributed by atoms with van der Waals surface area (Å²) in [5.74, 6) is -3.58. The molecule has 1 heterocycles. The lowest BCUT2D eigenvalue weighted by Gasteiger charge is -2.34. The molecule has 3 rings (SSSR count). The highest BCUT2D eigenvalue weighted by Crippen LogP contribution is 2.37. The number of ether oxygens (including phenoxy) is 1. The van der Waals surface area contributed by atoms with E-state index >= 15 is 0 Å². The SMILES string of the molecule is O=C(NCC1CCN(CCC2CCC(F)(F)CC2)CC1)c1cc(F)cc(OC(F)F)c1. The summed E-state index contributed by atoms with van der Waals surface area (Å²) in [6.07, 6.45) is 3.93. The van der Waals surface area contributed by atoms with Crippen molar-refractivity contribution in [1.82, 2.24) is 10.2 Å². The van der Waals surface area contributed by atoms with Gasteiger partial charge in [0.2, 0.25) is 5.92 Å². The van der Waals surface area contributed by atoms with Gasteiger partial charge in [0, 0.05) is 31.0 Å². The summed E-state index contributed by atoms with van der Waals surface area (Å²) < 4.78 is 68.9. The van der Waals surface area contributed by atoms with E-state index in [1.54, 1.807) is 0 Å². The molecule has 1 aromatic carbocycles. The van der Waals surface area contributed by atoms with Gasteiger partial charge in [-0.15, -0.1) is 0 Å². The Morgan fingerprint density at radius 1 is 1.10 bits per heavy atom. The highest BCUT2D eigenvalue weighted by Gasteiger charge is 2.34. The highest BCUT2D eigenvalue weighted by atomic mass is 19.3. The van der Waals surface area contributed by atoms with Crippen molar-refractivity contribution in [3.05, 3.63) is 29.6 Å². The normalized spacial score (nSPS) is 20.7. The van der Waals surface area contributed by atoms with Gasteiger partial charge in [0.25, 0.3) is 5.91 Å². The van der Waals surface area contributed by atoms with E-state index in [0.717, 1.165) is 57.1 Å². The summed E-state index contributed by atoms with van der Waals surface area (Å²) in [5, 5.41) is 2.74. The summed E-state index contributed by atoms with van der Waals surface area (Å²) in [4.78, 5) is 14.6. The van der Waals surface area contributed by atoms with Gasteiger partial charge in [0.15, 0.2) is 0 Å². The Hall–Kier alpha value is -1.90. The minimum Gasteiger partial charge on any atom is -0.435 e. The number of nitrogens with zero attached hydrogens (tertiary/aromatic N) is 1. The van der Waals surface area contributed by atoms with E-state index in [-0.39, 0.29) is 24.3 Å². The lowest BCUT2D eigenvalue weighted by atomic mass is 9.84. The molecule has 0 atom stereocenters. The number of hydrogen-bond donors (Lipinski definition) is 1. The van der Waals surface area contributed by atoms with E-state index in [1.807, 2.05) is 0 Å². The number of benzene rings is 1. The number of rotatable bonds is 8. The van der Waals surface area contributed by atoms with Crippen molar-refractivity contribution in [2.24, 2.45) is 11.8 Å². The number of halogens is 5. The van der Waals surface area contributed by atoms with Gasteiger partial charge in [0.05, 0.1) is 0 Å². The third kappa shape index (κ3) is 7.63. The van der Waals surface area contributed by atoms with Crippen LogP contribution in [0.1, 0.15) is 55.3 Å². The molecule has 1 N–H and O–H groups in total. The van der Waals surface area contributed by atoms with Crippen LogP contribution in [0.15, 0.2) is 18.2 Å². The second-order valence-electron chi connectivity index (χ2n) is 8.64. The van der Waals surface area contributed by atoms with Crippen LogP contribution < -0.4 is 10.1 Å². The van der Waals surface area contributed by atoms with Crippen molar-refractivity contribution in [3.8, 4) is 5.75 Å². The third-order valence-corrected chi connectivity index (χ3v) is 6.31. The Kier molecular flexibility index (Phi) is 8.13. The second-order valence-corrected chi connectivity index (χ2v) is 8.64. The maximum absolute atomic E-state index is 13.6. The van der Waals surface area contributed by atoms with Gasteiger partial charge in [-0.25, -0.2) is 13.2 Å². The van der Waals surface area contributed by atoms with Crippen LogP contribution in [0.3, 0.4) is 0 Å². The minimum atomic E-state index is -3.10. The molecule has 0 unspecified atom stereocenters. The zero-order valence-corrected chi connectivity index (χ0v) is 17.4. The molecule has 1 saturated carbocycles. The van der Waals surface area contributed by atoms with E-state index < -0.39 is 30.0 Å². The summed E-state index contributed by atoms with van der Waals surface area (Å²) in [7, 11) is 0. The number of piperidine rings is 1. The molecule has 1 saturated heterocycles. The molecule has 0 radical (unpaired) electrons. The van der Waals surface area contributed by atoms with E-state index in [1.165, 1.54) is 0 Å². The first-order chi connectivity index (χ1) is 14.7. The fraction of sp³-hybridized carbons (Fsp3) is 0.682. The molecule has 1 aliphatic heterocycles. The van der Waals surface area contributed by atoms with Gasteiger partial charge in [-0.05, 0) is 75.7 Å². The molecule has 1 aliphatic carbocycles. The predicted molar refractivity (Wildman–Crippen MR) is 106 cm³/mol. The standard InChI is InChI=1S/C22H29F5N2O2/c23-18-11-17(12-19(13-18)31-21(24)25)20(30)28-14-16-4-9-29(10-5-16)8-3-15-1-6-22(26,27)7-2-15/h11-13,15-16,21H,1-10,14H2,(H,28,30). The summed E-state index contributed by atoms with van der Waals surface area (Å²) in [5.41, 5.74) is -0.0638. The fourth-order valence-electron chi connectivity index (χ4n) is 4.37. The van der Waals surface area contributed by atoms with Gasteiger partial charge in [-0.2, -0.15) is 8.78 Å². The Balaban J connectivity index is 1.36. The summed E-state index contributed by atoms with van der Waals surface area (Å²) >= 11 is 0. The van der Waals surface area contributed by atoms with Crippen LogP contribution in [0.4, 0.5) is 22.0 Å². The zero-order chi connectivity index (χ0) is 22.4. The summed E-state index contributed by atoms with van der Waals surface area (Å²) in [6, 6.07) is 2.88. The average Bonchev–Trinajstić information content (AvgIpc) is 2.71. The first-order valence-electron chi connectivity index (χ1n) is 10.8. The van der Waals surface area contributed by atoms with Crippen LogP contribution in [0.2, 0.25) is 0 Å². The van der Waals surface area contributed by atoms with Gasteiger partial charge in [0.1, 0.15) is 11.6 Å². The van der Waals surface area contributed by atoms with E-state index in [9.17, 15) is 26.7 Å².